The number of carboxylic acids is 1. The van der Waals surface area contributed by atoms with Crippen LogP contribution in [0.25, 0.3) is 5.52 Å². The van der Waals surface area contributed by atoms with Crippen molar-refractivity contribution in [2.45, 2.75) is 32.4 Å². The van der Waals surface area contributed by atoms with E-state index in [1.54, 1.807) is 10.7 Å². The van der Waals surface area contributed by atoms with E-state index in [0.717, 1.165) is 29.9 Å². The number of aryl methyl sites for hydroxylation is 2. The first-order valence-corrected chi connectivity index (χ1v) is 8.61. The van der Waals surface area contributed by atoms with E-state index in [9.17, 15) is 9.59 Å². The Balaban J connectivity index is 1.56. The third-order valence-electron chi connectivity index (χ3n) is 4.60. The van der Waals surface area contributed by atoms with Gasteiger partial charge in [0.1, 0.15) is 0 Å². The molecule has 134 valence electrons. The topological polar surface area (TPSA) is 92.7 Å². The number of hydrogen-bond donors (Lipinski definition) is 1. The van der Waals surface area contributed by atoms with Gasteiger partial charge in [0.25, 0.3) is 5.91 Å². The van der Waals surface area contributed by atoms with E-state index < -0.39 is 5.97 Å². The Labute approximate surface area is 149 Å². The van der Waals surface area contributed by atoms with Gasteiger partial charge in [0.05, 0.1) is 41.6 Å². The van der Waals surface area contributed by atoms with E-state index >= 15 is 0 Å². The number of carbonyl (C=O) groups is 2. The maximum Gasteiger partial charge on any atom is 0.303 e. The van der Waals surface area contributed by atoms with Gasteiger partial charge in [-0.1, -0.05) is 6.07 Å². The molecule has 0 atom stereocenters. The van der Waals surface area contributed by atoms with E-state index in [-0.39, 0.29) is 12.3 Å². The quantitative estimate of drug-likeness (QED) is 0.769. The second kappa shape index (κ2) is 6.62. The summed E-state index contributed by atoms with van der Waals surface area (Å²) in [6.07, 6.45) is 4.69. The molecule has 8 heteroatoms. The van der Waals surface area contributed by atoms with Crippen LogP contribution in [0.4, 0.5) is 0 Å². The molecular formula is C18H19N5O3. The van der Waals surface area contributed by atoms with Gasteiger partial charge < -0.3 is 10.0 Å². The molecule has 0 aromatic carbocycles. The zero-order valence-electron chi connectivity index (χ0n) is 14.2. The molecule has 0 aliphatic carbocycles. The monoisotopic (exact) mass is 353 g/mol. The summed E-state index contributed by atoms with van der Waals surface area (Å²) in [6, 6.07) is 7.55. The molecule has 3 aromatic rings. The number of carbonyl (C=O) groups excluding carboxylic acids is 1. The van der Waals surface area contributed by atoms with E-state index in [0.29, 0.717) is 25.1 Å². The van der Waals surface area contributed by atoms with Crippen LogP contribution in [0.5, 0.6) is 0 Å². The first kappa shape index (κ1) is 16.3. The third-order valence-corrected chi connectivity index (χ3v) is 4.60. The molecule has 3 aromatic heterocycles. The fraction of sp³-hybridized carbons (Fsp3) is 0.333. The molecular weight excluding hydrogens is 334 g/mol. The Bertz CT molecular complexity index is 974. The summed E-state index contributed by atoms with van der Waals surface area (Å²) in [6.45, 7) is 1.83. The smallest absolute Gasteiger partial charge is 0.303 e. The fourth-order valence-electron chi connectivity index (χ4n) is 3.32. The molecule has 0 spiro atoms. The van der Waals surface area contributed by atoms with Crippen molar-refractivity contribution in [3.05, 3.63) is 53.6 Å². The highest BCUT2D eigenvalue weighted by Crippen LogP contribution is 2.19. The molecule has 0 saturated carbocycles. The standard InChI is InChI=1S/C18H19N5O3/c24-17(25)6-5-13-10-14-12-21(7-3-9-22(14)20-13)18(26)15-11-19-23-8-2-1-4-16(15)23/h1-2,4,8,10-11H,3,5-7,9,12H2,(H,24,25). The summed E-state index contributed by atoms with van der Waals surface area (Å²) in [4.78, 5) is 25.6. The van der Waals surface area contributed by atoms with Gasteiger partial charge in [-0.25, -0.2) is 4.52 Å². The molecule has 1 aliphatic heterocycles. The number of hydrogen-bond acceptors (Lipinski definition) is 4. The van der Waals surface area contributed by atoms with Crippen molar-refractivity contribution in [3.8, 4) is 0 Å². The highest BCUT2D eigenvalue weighted by molar-refractivity contribution is 6.00. The summed E-state index contributed by atoms with van der Waals surface area (Å²) in [5.41, 5.74) is 3.07. The van der Waals surface area contributed by atoms with Crippen molar-refractivity contribution in [3.63, 3.8) is 0 Å². The van der Waals surface area contributed by atoms with Crippen LogP contribution < -0.4 is 0 Å². The number of amides is 1. The van der Waals surface area contributed by atoms with E-state index in [2.05, 4.69) is 10.2 Å². The average molecular weight is 353 g/mol. The maximum absolute atomic E-state index is 13.0. The molecule has 0 unspecified atom stereocenters. The molecule has 1 aliphatic rings. The Morgan fingerprint density at radius 3 is 2.96 bits per heavy atom. The fourth-order valence-corrected chi connectivity index (χ4v) is 3.32. The van der Waals surface area contributed by atoms with Crippen LogP contribution in [0.2, 0.25) is 0 Å². The van der Waals surface area contributed by atoms with Crippen LogP contribution in [-0.4, -0.2) is 47.8 Å². The van der Waals surface area contributed by atoms with Gasteiger partial charge in [0.15, 0.2) is 0 Å². The lowest BCUT2D eigenvalue weighted by Gasteiger charge is -2.19. The maximum atomic E-state index is 13.0. The third kappa shape index (κ3) is 3.05. The van der Waals surface area contributed by atoms with Crippen LogP contribution in [-0.2, 0) is 24.3 Å². The summed E-state index contributed by atoms with van der Waals surface area (Å²) in [5, 5.41) is 17.6. The second-order valence-electron chi connectivity index (χ2n) is 6.41. The van der Waals surface area contributed by atoms with Gasteiger partial charge in [-0.15, -0.1) is 0 Å². The Kier molecular flexibility index (Phi) is 4.16. The predicted molar refractivity (Wildman–Crippen MR) is 92.7 cm³/mol. The lowest BCUT2D eigenvalue weighted by atomic mass is 10.2. The molecule has 26 heavy (non-hydrogen) atoms. The summed E-state index contributed by atoms with van der Waals surface area (Å²) in [5.74, 6) is -0.883. The number of aromatic nitrogens is 4. The Morgan fingerprint density at radius 1 is 1.23 bits per heavy atom. The van der Waals surface area contributed by atoms with Gasteiger partial charge in [0, 0.05) is 25.7 Å². The van der Waals surface area contributed by atoms with Crippen LogP contribution in [0, 0.1) is 0 Å². The molecule has 4 rings (SSSR count). The van der Waals surface area contributed by atoms with Crippen molar-refractivity contribution < 1.29 is 14.7 Å². The Morgan fingerprint density at radius 2 is 2.12 bits per heavy atom. The van der Waals surface area contributed by atoms with E-state index in [4.69, 9.17) is 5.11 Å². The molecule has 4 heterocycles. The highest BCUT2D eigenvalue weighted by Gasteiger charge is 2.24. The molecule has 0 saturated heterocycles. The molecule has 0 radical (unpaired) electrons. The van der Waals surface area contributed by atoms with Gasteiger partial charge in [0.2, 0.25) is 0 Å². The summed E-state index contributed by atoms with van der Waals surface area (Å²) >= 11 is 0. The average Bonchev–Trinajstić information content (AvgIpc) is 3.17. The number of rotatable bonds is 4. The largest absolute Gasteiger partial charge is 0.481 e. The minimum absolute atomic E-state index is 0.0482. The van der Waals surface area contributed by atoms with Gasteiger partial charge in [-0.3, -0.25) is 14.3 Å². The number of aliphatic carboxylic acids is 1. The molecule has 1 amide bonds. The van der Waals surface area contributed by atoms with Crippen LogP contribution >= 0.6 is 0 Å². The van der Waals surface area contributed by atoms with E-state index in [1.165, 1.54) is 0 Å². The van der Waals surface area contributed by atoms with Gasteiger partial charge >= 0.3 is 5.97 Å². The molecule has 0 bridgehead atoms. The van der Waals surface area contributed by atoms with Crippen molar-refractivity contribution in [1.29, 1.82) is 0 Å². The SMILES string of the molecule is O=C(O)CCc1cc2n(n1)CCCN(C(=O)c1cnn3ccccc13)C2. The minimum Gasteiger partial charge on any atom is -0.481 e. The summed E-state index contributed by atoms with van der Waals surface area (Å²) in [7, 11) is 0. The van der Waals surface area contributed by atoms with Crippen molar-refractivity contribution in [2.75, 3.05) is 6.54 Å². The zero-order valence-corrected chi connectivity index (χ0v) is 14.2. The molecule has 1 N–H and O–H groups in total. The van der Waals surface area contributed by atoms with Crippen molar-refractivity contribution in [2.24, 2.45) is 0 Å². The van der Waals surface area contributed by atoms with Gasteiger partial charge in [-0.05, 0) is 24.6 Å². The first-order valence-electron chi connectivity index (χ1n) is 8.61. The molecule has 0 fully saturated rings. The summed E-state index contributed by atoms with van der Waals surface area (Å²) < 4.78 is 3.58. The predicted octanol–water partition coefficient (Wildman–Crippen LogP) is 1.59. The number of pyridine rings is 1. The lowest BCUT2D eigenvalue weighted by Crippen LogP contribution is -2.30. The lowest BCUT2D eigenvalue weighted by molar-refractivity contribution is -0.136. The minimum atomic E-state index is -0.835. The van der Waals surface area contributed by atoms with Gasteiger partial charge in [-0.2, -0.15) is 10.2 Å². The van der Waals surface area contributed by atoms with E-state index in [1.807, 2.05) is 40.0 Å². The number of fused-ring (bicyclic) bond motifs is 2. The first-order chi connectivity index (χ1) is 12.6. The number of carboxylic acid groups (broad SMARTS) is 1. The zero-order chi connectivity index (χ0) is 18.1. The normalized spacial score (nSPS) is 14.2. The van der Waals surface area contributed by atoms with Crippen molar-refractivity contribution in [1.82, 2.24) is 24.3 Å². The number of nitrogens with zero attached hydrogens (tertiary/aromatic N) is 5. The van der Waals surface area contributed by atoms with Crippen LogP contribution in [0.15, 0.2) is 36.7 Å². The van der Waals surface area contributed by atoms with Crippen LogP contribution in [0.1, 0.15) is 34.6 Å². The Hall–Kier alpha value is -3.16. The molecule has 8 nitrogen and oxygen atoms in total. The second-order valence-corrected chi connectivity index (χ2v) is 6.41. The van der Waals surface area contributed by atoms with Crippen LogP contribution in [0.3, 0.4) is 0 Å². The van der Waals surface area contributed by atoms with Crippen molar-refractivity contribution >= 4 is 17.4 Å². The highest BCUT2D eigenvalue weighted by atomic mass is 16.4.